The molecule has 0 spiro atoms. The molecule has 0 aliphatic heterocycles. The van der Waals surface area contributed by atoms with E-state index in [9.17, 15) is 4.79 Å². The Hall–Kier alpha value is -3.14. The lowest BCUT2D eigenvalue weighted by Gasteiger charge is -2.11. The van der Waals surface area contributed by atoms with E-state index in [1.54, 1.807) is 18.5 Å². The number of aryl methyl sites for hydroxylation is 2. The number of carbonyl (C=O) groups is 1. The number of aromatic nitrogens is 1. The van der Waals surface area contributed by atoms with Gasteiger partial charge in [-0.3, -0.25) is 9.78 Å². The van der Waals surface area contributed by atoms with Crippen LogP contribution in [0.2, 0.25) is 0 Å². The minimum atomic E-state index is -0.165. The fourth-order valence-corrected chi connectivity index (χ4v) is 2.67. The van der Waals surface area contributed by atoms with Gasteiger partial charge in [-0.2, -0.15) is 0 Å². The van der Waals surface area contributed by atoms with Crippen LogP contribution >= 0.6 is 0 Å². The highest BCUT2D eigenvalue weighted by atomic mass is 16.1. The van der Waals surface area contributed by atoms with Gasteiger partial charge in [0.15, 0.2) is 0 Å². The Balaban J connectivity index is 1.77. The van der Waals surface area contributed by atoms with E-state index in [1.165, 1.54) is 5.56 Å². The molecule has 0 aliphatic carbocycles. The first-order valence-electron chi connectivity index (χ1n) is 8.33. The molecule has 1 heterocycles. The number of rotatable bonds is 5. The third-order valence-corrected chi connectivity index (χ3v) is 3.95. The molecule has 2 N–H and O–H groups in total. The summed E-state index contributed by atoms with van der Waals surface area (Å²) in [5.74, 6) is -0.165. The van der Waals surface area contributed by atoms with E-state index < -0.39 is 0 Å². The van der Waals surface area contributed by atoms with Crippen LogP contribution in [-0.2, 0) is 6.42 Å². The van der Waals surface area contributed by atoms with E-state index in [1.807, 2.05) is 55.5 Å². The number of hydrogen-bond acceptors (Lipinski definition) is 3. The lowest BCUT2D eigenvalue weighted by atomic mass is 10.1. The number of hydrogen-bond donors (Lipinski definition) is 2. The molecule has 4 nitrogen and oxygen atoms in total. The average molecular weight is 331 g/mol. The smallest absolute Gasteiger partial charge is 0.257 e. The van der Waals surface area contributed by atoms with Crippen molar-refractivity contribution >= 4 is 23.0 Å². The number of para-hydroxylation sites is 1. The van der Waals surface area contributed by atoms with E-state index in [4.69, 9.17) is 0 Å². The van der Waals surface area contributed by atoms with Crippen LogP contribution in [0.4, 0.5) is 17.1 Å². The van der Waals surface area contributed by atoms with E-state index in [0.717, 1.165) is 29.0 Å². The number of nitrogens with one attached hydrogen (secondary N) is 2. The first-order valence-corrected chi connectivity index (χ1v) is 8.33. The summed E-state index contributed by atoms with van der Waals surface area (Å²) in [7, 11) is 0. The van der Waals surface area contributed by atoms with Gasteiger partial charge in [0, 0.05) is 17.6 Å². The highest BCUT2D eigenvalue weighted by Gasteiger charge is 2.09. The van der Waals surface area contributed by atoms with E-state index in [0.29, 0.717) is 5.56 Å². The summed E-state index contributed by atoms with van der Waals surface area (Å²) < 4.78 is 0. The van der Waals surface area contributed by atoms with Gasteiger partial charge in [0.2, 0.25) is 0 Å². The van der Waals surface area contributed by atoms with Crippen LogP contribution in [0.1, 0.15) is 28.4 Å². The summed E-state index contributed by atoms with van der Waals surface area (Å²) in [6.07, 6.45) is 4.15. The predicted octanol–water partition coefficient (Wildman–Crippen LogP) is 4.95. The normalized spacial score (nSPS) is 10.3. The molecule has 1 aromatic heterocycles. The maximum atomic E-state index is 12.6. The maximum absolute atomic E-state index is 12.6. The second-order valence-electron chi connectivity index (χ2n) is 5.92. The van der Waals surface area contributed by atoms with Crippen LogP contribution in [0, 0.1) is 6.92 Å². The summed E-state index contributed by atoms with van der Waals surface area (Å²) in [5, 5.41) is 6.26. The lowest BCUT2D eigenvalue weighted by Crippen LogP contribution is -2.13. The van der Waals surface area contributed by atoms with Crippen molar-refractivity contribution in [2.24, 2.45) is 0 Å². The Kier molecular flexibility index (Phi) is 5.09. The summed E-state index contributed by atoms with van der Waals surface area (Å²) >= 11 is 0. The van der Waals surface area contributed by atoms with Crippen LogP contribution in [0.3, 0.4) is 0 Å². The van der Waals surface area contributed by atoms with Gasteiger partial charge in [-0.25, -0.2) is 0 Å². The number of anilines is 3. The van der Waals surface area contributed by atoms with Crippen LogP contribution in [0.15, 0.2) is 67.0 Å². The van der Waals surface area contributed by atoms with Gasteiger partial charge in [-0.15, -0.1) is 0 Å². The topological polar surface area (TPSA) is 54.0 Å². The Morgan fingerprint density at radius 3 is 2.64 bits per heavy atom. The summed E-state index contributed by atoms with van der Waals surface area (Å²) in [4.78, 5) is 16.7. The first kappa shape index (κ1) is 16.7. The quantitative estimate of drug-likeness (QED) is 0.695. The Bertz CT molecular complexity index is 890. The zero-order chi connectivity index (χ0) is 17.6. The molecule has 0 saturated carbocycles. The summed E-state index contributed by atoms with van der Waals surface area (Å²) in [5.41, 5.74) is 5.38. The molecule has 3 aromatic rings. The van der Waals surface area contributed by atoms with E-state index in [-0.39, 0.29) is 5.91 Å². The van der Waals surface area contributed by atoms with Crippen molar-refractivity contribution in [3.63, 3.8) is 0 Å². The van der Waals surface area contributed by atoms with Crippen LogP contribution in [-0.4, -0.2) is 10.9 Å². The van der Waals surface area contributed by atoms with Gasteiger partial charge >= 0.3 is 0 Å². The van der Waals surface area contributed by atoms with Gasteiger partial charge in [0.05, 0.1) is 17.4 Å². The Morgan fingerprint density at radius 2 is 1.84 bits per heavy atom. The second kappa shape index (κ2) is 7.62. The highest BCUT2D eigenvalue weighted by molar-refractivity contribution is 6.05. The van der Waals surface area contributed by atoms with Gasteiger partial charge in [0.25, 0.3) is 5.91 Å². The Morgan fingerprint density at radius 1 is 1.00 bits per heavy atom. The molecule has 3 rings (SSSR count). The van der Waals surface area contributed by atoms with E-state index in [2.05, 4.69) is 22.5 Å². The van der Waals surface area contributed by atoms with Crippen molar-refractivity contribution in [2.45, 2.75) is 20.3 Å². The van der Waals surface area contributed by atoms with Crippen LogP contribution in [0.5, 0.6) is 0 Å². The minimum absolute atomic E-state index is 0.165. The van der Waals surface area contributed by atoms with Crippen molar-refractivity contribution in [3.05, 3.63) is 83.7 Å². The van der Waals surface area contributed by atoms with Crippen LogP contribution < -0.4 is 10.6 Å². The van der Waals surface area contributed by atoms with Crippen molar-refractivity contribution in [2.75, 3.05) is 10.6 Å². The van der Waals surface area contributed by atoms with Crippen molar-refractivity contribution in [1.82, 2.24) is 4.98 Å². The van der Waals surface area contributed by atoms with Gasteiger partial charge < -0.3 is 10.6 Å². The molecule has 4 heteroatoms. The standard InChI is InChI=1S/C21H21N3O/c1-3-16-8-4-5-10-20(16)24-21(25)17-12-19(14-22-13-17)23-18-9-6-7-15(2)11-18/h4-14,23H,3H2,1-2H3,(H,24,25). The number of nitrogens with zero attached hydrogens (tertiary/aromatic N) is 1. The van der Waals surface area contributed by atoms with Gasteiger partial charge in [-0.1, -0.05) is 37.3 Å². The fraction of sp³-hybridized carbons (Fsp3) is 0.143. The minimum Gasteiger partial charge on any atom is -0.354 e. The zero-order valence-electron chi connectivity index (χ0n) is 14.4. The molecule has 0 atom stereocenters. The lowest BCUT2D eigenvalue weighted by molar-refractivity contribution is 0.102. The largest absolute Gasteiger partial charge is 0.354 e. The average Bonchev–Trinajstić information content (AvgIpc) is 2.62. The maximum Gasteiger partial charge on any atom is 0.257 e. The molecule has 0 bridgehead atoms. The number of carbonyl (C=O) groups excluding carboxylic acids is 1. The predicted molar refractivity (Wildman–Crippen MR) is 102 cm³/mol. The first-order chi connectivity index (χ1) is 12.2. The molecule has 1 amide bonds. The molecule has 25 heavy (non-hydrogen) atoms. The molecule has 0 aliphatic rings. The number of amides is 1. The number of benzene rings is 2. The number of pyridine rings is 1. The highest BCUT2D eigenvalue weighted by Crippen LogP contribution is 2.20. The molecule has 0 fully saturated rings. The Labute approximate surface area is 147 Å². The molecule has 2 aromatic carbocycles. The molecule has 126 valence electrons. The third-order valence-electron chi connectivity index (χ3n) is 3.95. The monoisotopic (exact) mass is 331 g/mol. The molecular weight excluding hydrogens is 310 g/mol. The molecule has 0 radical (unpaired) electrons. The SMILES string of the molecule is CCc1ccccc1NC(=O)c1cncc(Nc2cccc(C)c2)c1. The van der Waals surface area contributed by atoms with E-state index >= 15 is 0 Å². The van der Waals surface area contributed by atoms with Crippen molar-refractivity contribution in [3.8, 4) is 0 Å². The van der Waals surface area contributed by atoms with Crippen molar-refractivity contribution in [1.29, 1.82) is 0 Å². The third kappa shape index (κ3) is 4.23. The van der Waals surface area contributed by atoms with Crippen LogP contribution in [0.25, 0.3) is 0 Å². The molecular formula is C21H21N3O. The fourth-order valence-electron chi connectivity index (χ4n) is 2.67. The summed E-state index contributed by atoms with van der Waals surface area (Å²) in [6, 6.07) is 17.7. The second-order valence-corrected chi connectivity index (χ2v) is 5.92. The summed E-state index contributed by atoms with van der Waals surface area (Å²) in [6.45, 7) is 4.11. The van der Waals surface area contributed by atoms with Crippen molar-refractivity contribution < 1.29 is 4.79 Å². The zero-order valence-corrected chi connectivity index (χ0v) is 14.4. The molecule has 0 saturated heterocycles. The molecule has 0 unspecified atom stereocenters. The van der Waals surface area contributed by atoms with Gasteiger partial charge in [0.1, 0.15) is 0 Å². The van der Waals surface area contributed by atoms with Gasteiger partial charge in [-0.05, 0) is 48.7 Å².